The van der Waals surface area contributed by atoms with Crippen LogP contribution in [0, 0.1) is 16.0 Å². The van der Waals surface area contributed by atoms with E-state index in [9.17, 15) is 23.3 Å². The van der Waals surface area contributed by atoms with Gasteiger partial charge in [0.05, 0.1) is 16.4 Å². The van der Waals surface area contributed by atoms with Gasteiger partial charge in [-0.25, -0.2) is 8.42 Å². The molecule has 1 atom stereocenters. The molecule has 8 nitrogen and oxygen atoms in total. The summed E-state index contributed by atoms with van der Waals surface area (Å²) in [7, 11) is -2.98. The van der Waals surface area contributed by atoms with Gasteiger partial charge in [0.2, 0.25) is 5.91 Å². The van der Waals surface area contributed by atoms with Crippen molar-refractivity contribution in [3.8, 4) is 0 Å². The van der Waals surface area contributed by atoms with E-state index in [-0.39, 0.29) is 34.4 Å². The van der Waals surface area contributed by atoms with Crippen LogP contribution in [0.25, 0.3) is 0 Å². The molecule has 1 aromatic carbocycles. The maximum Gasteiger partial charge on any atom is 0.293 e. The molecule has 1 unspecified atom stereocenters. The van der Waals surface area contributed by atoms with E-state index in [1.807, 2.05) is 0 Å². The van der Waals surface area contributed by atoms with E-state index in [0.29, 0.717) is 13.0 Å². The molecule has 0 saturated carbocycles. The molecule has 0 aliphatic carbocycles. The first-order valence-electron chi connectivity index (χ1n) is 6.31. The molecule has 21 heavy (non-hydrogen) atoms. The lowest BCUT2D eigenvalue weighted by molar-refractivity contribution is -0.384. The van der Waals surface area contributed by atoms with Crippen molar-refractivity contribution < 1.29 is 18.1 Å². The van der Waals surface area contributed by atoms with Gasteiger partial charge in [0.1, 0.15) is 5.69 Å². The maximum atomic E-state index is 11.4. The Morgan fingerprint density at radius 3 is 2.71 bits per heavy atom. The topological polar surface area (TPSA) is 132 Å². The number of sulfone groups is 1. The molecule has 114 valence electrons. The number of hydrogen-bond acceptors (Lipinski definition) is 6. The van der Waals surface area contributed by atoms with Crippen LogP contribution in [0.15, 0.2) is 18.2 Å². The third-order valence-corrected chi connectivity index (χ3v) is 5.22. The maximum absolute atomic E-state index is 11.4. The van der Waals surface area contributed by atoms with Gasteiger partial charge in [-0.3, -0.25) is 14.9 Å². The molecule has 9 heteroatoms. The van der Waals surface area contributed by atoms with Crippen molar-refractivity contribution in [2.45, 2.75) is 6.42 Å². The molecule has 1 aliphatic heterocycles. The summed E-state index contributed by atoms with van der Waals surface area (Å²) in [6.45, 7) is 0.329. The number of hydrogen-bond donors (Lipinski definition) is 2. The Bertz CT molecular complexity index is 686. The Hall–Kier alpha value is -2.16. The molecule has 0 radical (unpaired) electrons. The third-order valence-electron chi connectivity index (χ3n) is 3.39. The van der Waals surface area contributed by atoms with E-state index in [1.54, 1.807) is 0 Å². The predicted molar refractivity (Wildman–Crippen MR) is 76.9 cm³/mol. The molecule has 1 heterocycles. The van der Waals surface area contributed by atoms with Gasteiger partial charge in [0.25, 0.3) is 5.69 Å². The average Bonchev–Trinajstić information content (AvgIpc) is 2.75. The summed E-state index contributed by atoms with van der Waals surface area (Å²) in [4.78, 5) is 21.4. The number of nitrogens with two attached hydrogens (primary N) is 1. The lowest BCUT2D eigenvalue weighted by atomic mass is 10.1. The molecule has 3 N–H and O–H groups in total. The van der Waals surface area contributed by atoms with Crippen LogP contribution in [0.3, 0.4) is 0 Å². The molecule has 0 bridgehead atoms. The first-order chi connectivity index (χ1) is 9.78. The van der Waals surface area contributed by atoms with Crippen molar-refractivity contribution in [3.05, 3.63) is 33.9 Å². The SMILES string of the molecule is NC(=O)c1ccc(NCC2CCS(=O)(=O)C2)c([N+](=O)[O-])c1. The fourth-order valence-corrected chi connectivity index (χ4v) is 4.13. The van der Waals surface area contributed by atoms with Crippen LogP contribution in [0.5, 0.6) is 0 Å². The normalized spacial score (nSPS) is 20.1. The van der Waals surface area contributed by atoms with Crippen LogP contribution >= 0.6 is 0 Å². The molecule has 1 aliphatic rings. The van der Waals surface area contributed by atoms with Gasteiger partial charge in [-0.15, -0.1) is 0 Å². The number of primary amides is 1. The quantitative estimate of drug-likeness (QED) is 0.602. The second kappa shape index (κ2) is 5.68. The number of nitrogens with zero attached hydrogens (tertiary/aromatic N) is 1. The lowest BCUT2D eigenvalue weighted by Crippen LogP contribution is -2.17. The minimum Gasteiger partial charge on any atom is -0.379 e. The number of carbonyl (C=O) groups excluding carboxylic acids is 1. The van der Waals surface area contributed by atoms with E-state index < -0.39 is 20.7 Å². The van der Waals surface area contributed by atoms with Crippen molar-refractivity contribution in [2.75, 3.05) is 23.4 Å². The Labute approximate surface area is 121 Å². The molecular weight excluding hydrogens is 298 g/mol. The van der Waals surface area contributed by atoms with Crippen molar-refractivity contribution >= 4 is 27.1 Å². The van der Waals surface area contributed by atoms with Crippen LogP contribution < -0.4 is 11.1 Å². The Balaban J connectivity index is 2.13. The Morgan fingerprint density at radius 1 is 1.48 bits per heavy atom. The van der Waals surface area contributed by atoms with Gasteiger partial charge in [0, 0.05) is 18.2 Å². The summed E-state index contributed by atoms with van der Waals surface area (Å²) in [5.41, 5.74) is 5.13. The zero-order chi connectivity index (χ0) is 15.6. The molecule has 0 spiro atoms. The number of carbonyl (C=O) groups is 1. The summed E-state index contributed by atoms with van der Waals surface area (Å²) in [5.74, 6) is -0.563. The van der Waals surface area contributed by atoms with E-state index in [2.05, 4.69) is 5.32 Å². The monoisotopic (exact) mass is 313 g/mol. The number of amides is 1. The highest BCUT2D eigenvalue weighted by Crippen LogP contribution is 2.27. The molecule has 1 fully saturated rings. The summed E-state index contributed by atoms with van der Waals surface area (Å²) < 4.78 is 22.7. The van der Waals surface area contributed by atoms with Gasteiger partial charge in [-0.2, -0.15) is 0 Å². The smallest absolute Gasteiger partial charge is 0.293 e. The molecule has 1 aromatic rings. The van der Waals surface area contributed by atoms with E-state index in [4.69, 9.17) is 5.73 Å². The number of nitro benzene ring substituents is 1. The second-order valence-electron chi connectivity index (χ2n) is 5.00. The predicted octanol–water partition coefficient (Wildman–Crippen LogP) is 0.540. The highest BCUT2D eigenvalue weighted by molar-refractivity contribution is 7.91. The average molecular weight is 313 g/mol. The van der Waals surface area contributed by atoms with Crippen molar-refractivity contribution in [1.29, 1.82) is 0 Å². The highest BCUT2D eigenvalue weighted by atomic mass is 32.2. The van der Waals surface area contributed by atoms with Gasteiger partial charge >= 0.3 is 0 Å². The highest BCUT2D eigenvalue weighted by Gasteiger charge is 2.28. The summed E-state index contributed by atoms with van der Waals surface area (Å²) >= 11 is 0. The van der Waals surface area contributed by atoms with Gasteiger partial charge in [-0.1, -0.05) is 0 Å². The minimum absolute atomic E-state index is 0.0516. The molecule has 0 aromatic heterocycles. The first-order valence-corrected chi connectivity index (χ1v) is 8.13. The number of nitro groups is 1. The molecule has 1 saturated heterocycles. The second-order valence-corrected chi connectivity index (χ2v) is 7.23. The third kappa shape index (κ3) is 3.69. The summed E-state index contributed by atoms with van der Waals surface area (Å²) in [5, 5.41) is 13.9. The van der Waals surface area contributed by atoms with Crippen LogP contribution in [0.4, 0.5) is 11.4 Å². The molecular formula is C12H15N3O5S. The van der Waals surface area contributed by atoms with Crippen molar-refractivity contribution in [1.82, 2.24) is 0 Å². The summed E-state index contributed by atoms with van der Waals surface area (Å²) in [6, 6.07) is 3.90. The van der Waals surface area contributed by atoms with Crippen LogP contribution in [0.2, 0.25) is 0 Å². The molecule has 2 rings (SSSR count). The molecule has 1 amide bonds. The fourth-order valence-electron chi connectivity index (χ4n) is 2.27. The fraction of sp³-hybridized carbons (Fsp3) is 0.417. The minimum atomic E-state index is -2.98. The van der Waals surface area contributed by atoms with Crippen molar-refractivity contribution in [2.24, 2.45) is 11.7 Å². The summed E-state index contributed by atoms with van der Waals surface area (Å²) in [6.07, 6.45) is 0.544. The number of rotatable bonds is 5. The Kier molecular flexibility index (Phi) is 4.12. The largest absolute Gasteiger partial charge is 0.379 e. The first kappa shape index (κ1) is 15.2. The Morgan fingerprint density at radius 2 is 2.19 bits per heavy atom. The zero-order valence-corrected chi connectivity index (χ0v) is 11.9. The van der Waals surface area contributed by atoms with Gasteiger partial charge in [-0.05, 0) is 24.5 Å². The standard InChI is InChI=1S/C12H15N3O5S/c13-12(16)9-1-2-10(11(5-9)15(17)18)14-6-8-3-4-21(19,20)7-8/h1-2,5,8,14H,3-4,6-7H2,(H2,13,16). The lowest BCUT2D eigenvalue weighted by Gasteiger charge is -2.11. The van der Waals surface area contributed by atoms with Crippen LogP contribution in [0.1, 0.15) is 16.8 Å². The van der Waals surface area contributed by atoms with E-state index >= 15 is 0 Å². The van der Waals surface area contributed by atoms with Crippen LogP contribution in [-0.4, -0.2) is 37.3 Å². The van der Waals surface area contributed by atoms with E-state index in [0.717, 1.165) is 6.07 Å². The zero-order valence-electron chi connectivity index (χ0n) is 11.1. The number of anilines is 1. The number of nitrogens with one attached hydrogen (secondary N) is 1. The van der Waals surface area contributed by atoms with Crippen molar-refractivity contribution in [3.63, 3.8) is 0 Å². The van der Waals surface area contributed by atoms with E-state index in [1.165, 1.54) is 12.1 Å². The number of benzene rings is 1. The van der Waals surface area contributed by atoms with Gasteiger partial charge in [0.15, 0.2) is 9.84 Å². The van der Waals surface area contributed by atoms with Crippen LogP contribution in [-0.2, 0) is 9.84 Å². The van der Waals surface area contributed by atoms with Gasteiger partial charge < -0.3 is 11.1 Å².